The first kappa shape index (κ1) is 14.4. The monoisotopic (exact) mass is 326 g/mol. The van der Waals surface area contributed by atoms with Crippen LogP contribution in [0.15, 0.2) is 36.7 Å². The van der Waals surface area contributed by atoms with Crippen LogP contribution in [0.1, 0.15) is 0 Å². The van der Waals surface area contributed by atoms with E-state index in [1.165, 1.54) is 17.2 Å². The number of methoxy groups -OCH3 is 1. The highest BCUT2D eigenvalue weighted by molar-refractivity contribution is 7.99. The van der Waals surface area contributed by atoms with Crippen LogP contribution in [0.3, 0.4) is 0 Å². The van der Waals surface area contributed by atoms with Crippen molar-refractivity contribution in [3.63, 3.8) is 0 Å². The highest BCUT2D eigenvalue weighted by Crippen LogP contribution is 2.31. The predicted molar refractivity (Wildman–Crippen MR) is 95.4 cm³/mol. The van der Waals surface area contributed by atoms with Gasteiger partial charge in [-0.15, -0.1) is 0 Å². The predicted octanol–water partition coefficient (Wildman–Crippen LogP) is 3.19. The average molecular weight is 326 g/mol. The quantitative estimate of drug-likeness (QED) is 0.801. The van der Waals surface area contributed by atoms with Gasteiger partial charge in [-0.1, -0.05) is 0 Å². The number of rotatable bonds is 3. The molecule has 1 aliphatic rings. The highest BCUT2D eigenvalue weighted by Gasteiger charge is 2.14. The van der Waals surface area contributed by atoms with Crippen LogP contribution < -0.4 is 9.64 Å². The Labute approximate surface area is 139 Å². The minimum absolute atomic E-state index is 0.810. The molecule has 4 rings (SSSR count). The summed E-state index contributed by atoms with van der Waals surface area (Å²) in [4.78, 5) is 14.6. The molecule has 0 amide bonds. The fraction of sp³-hybridized carbons (Fsp3) is 0.294. The summed E-state index contributed by atoms with van der Waals surface area (Å²) >= 11 is 2.01. The maximum Gasteiger partial charge on any atom is 0.156 e. The number of aromatic nitrogens is 3. The molecule has 3 aromatic rings. The highest BCUT2D eigenvalue weighted by atomic mass is 32.2. The Bertz CT molecular complexity index is 826. The fourth-order valence-corrected chi connectivity index (χ4v) is 3.73. The number of aromatic amines is 1. The lowest BCUT2D eigenvalue weighted by molar-refractivity contribution is 0.415. The summed E-state index contributed by atoms with van der Waals surface area (Å²) in [5.74, 6) is 3.19. The summed E-state index contributed by atoms with van der Waals surface area (Å²) in [6, 6.07) is 8.24. The standard InChI is InChI=1S/C17H18N4OS/c1-22-14-9-12(8-13(10-14)21-4-6-23-7-5-21)16-11-19-17-15(20-16)2-3-18-17/h2-3,8-11H,4-7H2,1H3,(H,18,19). The van der Waals surface area contributed by atoms with E-state index in [4.69, 9.17) is 9.72 Å². The van der Waals surface area contributed by atoms with Gasteiger partial charge >= 0.3 is 0 Å². The van der Waals surface area contributed by atoms with Gasteiger partial charge in [0, 0.05) is 48.1 Å². The van der Waals surface area contributed by atoms with Crippen LogP contribution in [0, 0.1) is 0 Å². The number of nitrogens with zero attached hydrogens (tertiary/aromatic N) is 3. The molecule has 5 nitrogen and oxygen atoms in total. The number of hydrogen-bond acceptors (Lipinski definition) is 5. The Kier molecular flexibility index (Phi) is 3.83. The van der Waals surface area contributed by atoms with Crippen molar-refractivity contribution in [2.24, 2.45) is 0 Å². The fourth-order valence-electron chi connectivity index (χ4n) is 2.82. The van der Waals surface area contributed by atoms with E-state index in [1.54, 1.807) is 7.11 Å². The SMILES string of the molecule is COc1cc(-c2cnc3[nH]ccc3n2)cc(N2CCSCC2)c1. The van der Waals surface area contributed by atoms with Crippen LogP contribution in [0.5, 0.6) is 5.75 Å². The van der Waals surface area contributed by atoms with Gasteiger partial charge in [0.2, 0.25) is 0 Å². The lowest BCUT2D eigenvalue weighted by Crippen LogP contribution is -2.32. The van der Waals surface area contributed by atoms with E-state index >= 15 is 0 Å². The molecule has 2 aromatic heterocycles. The summed E-state index contributed by atoms with van der Waals surface area (Å²) < 4.78 is 5.49. The smallest absolute Gasteiger partial charge is 0.156 e. The summed E-state index contributed by atoms with van der Waals surface area (Å²) in [5.41, 5.74) is 4.78. The molecule has 3 heterocycles. The number of anilines is 1. The van der Waals surface area contributed by atoms with Crippen molar-refractivity contribution in [3.8, 4) is 17.0 Å². The van der Waals surface area contributed by atoms with Gasteiger partial charge in [0.25, 0.3) is 0 Å². The molecule has 1 aliphatic heterocycles. The number of ether oxygens (including phenoxy) is 1. The Morgan fingerprint density at radius 3 is 2.91 bits per heavy atom. The van der Waals surface area contributed by atoms with Gasteiger partial charge in [-0.25, -0.2) is 9.97 Å². The molecular weight excluding hydrogens is 308 g/mol. The van der Waals surface area contributed by atoms with Gasteiger partial charge in [-0.2, -0.15) is 11.8 Å². The van der Waals surface area contributed by atoms with Crippen molar-refractivity contribution in [1.29, 1.82) is 0 Å². The van der Waals surface area contributed by atoms with Crippen LogP contribution in [0.4, 0.5) is 5.69 Å². The van der Waals surface area contributed by atoms with Crippen molar-refractivity contribution in [3.05, 3.63) is 36.7 Å². The van der Waals surface area contributed by atoms with Gasteiger partial charge in [0.05, 0.1) is 19.0 Å². The topological polar surface area (TPSA) is 54.0 Å². The number of fused-ring (bicyclic) bond motifs is 1. The van der Waals surface area contributed by atoms with Crippen LogP contribution in [0.2, 0.25) is 0 Å². The maximum absolute atomic E-state index is 5.49. The average Bonchev–Trinajstić information content (AvgIpc) is 3.09. The number of H-pyrrole nitrogens is 1. The van der Waals surface area contributed by atoms with Crippen molar-refractivity contribution in [2.45, 2.75) is 0 Å². The van der Waals surface area contributed by atoms with Crippen molar-refractivity contribution >= 4 is 28.6 Å². The summed E-state index contributed by atoms with van der Waals surface area (Å²) in [6.45, 7) is 2.14. The molecule has 23 heavy (non-hydrogen) atoms. The second-order valence-corrected chi connectivity index (χ2v) is 6.71. The van der Waals surface area contributed by atoms with Crippen LogP contribution in [0.25, 0.3) is 22.4 Å². The molecule has 118 valence electrons. The van der Waals surface area contributed by atoms with Crippen LogP contribution >= 0.6 is 11.8 Å². The Hall–Kier alpha value is -2.21. The lowest BCUT2D eigenvalue weighted by Gasteiger charge is -2.29. The van der Waals surface area contributed by atoms with E-state index in [0.29, 0.717) is 0 Å². The Morgan fingerprint density at radius 2 is 2.09 bits per heavy atom. The number of hydrogen-bond donors (Lipinski definition) is 1. The summed E-state index contributed by atoms with van der Waals surface area (Å²) in [6.07, 6.45) is 3.67. The zero-order chi connectivity index (χ0) is 15.6. The Balaban J connectivity index is 1.77. The molecule has 0 spiro atoms. The second-order valence-electron chi connectivity index (χ2n) is 5.49. The van der Waals surface area contributed by atoms with E-state index in [2.05, 4.69) is 27.0 Å². The minimum atomic E-state index is 0.810. The number of benzene rings is 1. The van der Waals surface area contributed by atoms with E-state index in [1.807, 2.05) is 36.3 Å². The molecule has 1 N–H and O–H groups in total. The van der Waals surface area contributed by atoms with Crippen LogP contribution in [-0.4, -0.2) is 46.7 Å². The third-order valence-corrected chi connectivity index (χ3v) is 5.00. The molecule has 1 saturated heterocycles. The van der Waals surface area contributed by atoms with E-state index in [0.717, 1.165) is 41.3 Å². The molecule has 0 radical (unpaired) electrons. The van der Waals surface area contributed by atoms with Crippen molar-refractivity contribution < 1.29 is 4.74 Å². The van der Waals surface area contributed by atoms with Crippen molar-refractivity contribution in [1.82, 2.24) is 15.0 Å². The second kappa shape index (κ2) is 6.12. The molecule has 6 heteroatoms. The number of nitrogens with one attached hydrogen (secondary N) is 1. The van der Waals surface area contributed by atoms with Gasteiger partial charge in [0.1, 0.15) is 11.3 Å². The number of thioether (sulfide) groups is 1. The van der Waals surface area contributed by atoms with Gasteiger partial charge in [-0.3, -0.25) is 0 Å². The zero-order valence-electron chi connectivity index (χ0n) is 13.0. The first-order valence-electron chi connectivity index (χ1n) is 7.66. The molecule has 0 unspecified atom stereocenters. The molecule has 1 aromatic carbocycles. The van der Waals surface area contributed by atoms with Crippen LogP contribution in [-0.2, 0) is 0 Å². The summed E-state index contributed by atoms with van der Waals surface area (Å²) in [7, 11) is 1.70. The van der Waals surface area contributed by atoms with Gasteiger partial charge in [-0.05, 0) is 18.2 Å². The maximum atomic E-state index is 5.49. The van der Waals surface area contributed by atoms with Gasteiger partial charge in [0.15, 0.2) is 5.65 Å². The van der Waals surface area contributed by atoms with Crippen molar-refractivity contribution in [2.75, 3.05) is 36.6 Å². The van der Waals surface area contributed by atoms with E-state index < -0.39 is 0 Å². The first-order chi connectivity index (χ1) is 11.3. The van der Waals surface area contributed by atoms with E-state index in [-0.39, 0.29) is 0 Å². The largest absolute Gasteiger partial charge is 0.497 e. The van der Waals surface area contributed by atoms with Gasteiger partial charge < -0.3 is 14.6 Å². The molecular formula is C17H18N4OS. The van der Waals surface area contributed by atoms with E-state index in [9.17, 15) is 0 Å². The minimum Gasteiger partial charge on any atom is -0.497 e. The molecule has 1 fully saturated rings. The third-order valence-electron chi connectivity index (χ3n) is 4.06. The Morgan fingerprint density at radius 1 is 1.22 bits per heavy atom. The lowest BCUT2D eigenvalue weighted by atomic mass is 10.1. The zero-order valence-corrected chi connectivity index (χ0v) is 13.8. The third kappa shape index (κ3) is 2.86. The molecule has 0 aliphatic carbocycles. The normalized spacial score (nSPS) is 15.1. The first-order valence-corrected chi connectivity index (χ1v) is 8.81. The molecule has 0 atom stereocenters. The summed E-state index contributed by atoms with van der Waals surface area (Å²) in [5, 5.41) is 0. The molecule has 0 saturated carbocycles. The molecule has 0 bridgehead atoms.